The third kappa shape index (κ3) is 3.40. The fraction of sp³-hybridized carbons (Fsp3) is 0.118. The zero-order valence-electron chi connectivity index (χ0n) is 14.2. The summed E-state index contributed by atoms with van der Waals surface area (Å²) < 4.78 is 25.5. The number of aromatic amines is 1. The highest BCUT2D eigenvalue weighted by atomic mass is 32.2. The third-order valence-electron chi connectivity index (χ3n) is 3.90. The minimum Gasteiger partial charge on any atom is -0.324 e. The Morgan fingerprint density at radius 1 is 1.19 bits per heavy atom. The van der Waals surface area contributed by atoms with Crippen molar-refractivity contribution in [2.45, 2.75) is 10.1 Å². The van der Waals surface area contributed by atoms with E-state index in [0.717, 1.165) is 17.3 Å². The summed E-state index contributed by atoms with van der Waals surface area (Å²) in [6.07, 6.45) is 1.11. The number of carbonyl (C=O) groups excluding carboxylic acids is 1. The van der Waals surface area contributed by atoms with Gasteiger partial charge in [-0.25, -0.2) is 18.5 Å². The Balaban J connectivity index is 1.53. The Labute approximate surface area is 158 Å². The van der Waals surface area contributed by atoms with Gasteiger partial charge < -0.3 is 5.32 Å². The number of rotatable bonds is 5. The van der Waals surface area contributed by atoms with Gasteiger partial charge in [0.1, 0.15) is 0 Å². The van der Waals surface area contributed by atoms with Gasteiger partial charge in [0.2, 0.25) is 11.7 Å². The number of sulfone groups is 1. The van der Waals surface area contributed by atoms with Crippen molar-refractivity contribution in [2.75, 3.05) is 17.3 Å². The zero-order valence-corrected chi connectivity index (χ0v) is 15.8. The van der Waals surface area contributed by atoms with Crippen molar-refractivity contribution in [1.29, 1.82) is 0 Å². The predicted octanol–water partition coefficient (Wildman–Crippen LogP) is 2.34. The van der Waals surface area contributed by atoms with Gasteiger partial charge in [-0.1, -0.05) is 36.0 Å². The molecule has 2 heterocycles. The van der Waals surface area contributed by atoms with Crippen LogP contribution in [0.15, 0.2) is 58.6 Å². The topological polar surface area (TPSA) is 109 Å². The van der Waals surface area contributed by atoms with E-state index in [1.54, 1.807) is 18.2 Å². The highest BCUT2D eigenvalue weighted by molar-refractivity contribution is 7.99. The minimum absolute atomic E-state index is 0.0740. The van der Waals surface area contributed by atoms with E-state index in [-0.39, 0.29) is 22.2 Å². The first-order chi connectivity index (χ1) is 12.9. The second-order valence-corrected chi connectivity index (χ2v) is 8.80. The first kappa shape index (κ1) is 17.6. The van der Waals surface area contributed by atoms with Crippen LogP contribution in [0.3, 0.4) is 0 Å². The normalized spacial score (nSPS) is 11.9. The van der Waals surface area contributed by atoms with Gasteiger partial charge in [0.25, 0.3) is 0 Å². The second kappa shape index (κ2) is 6.71. The van der Waals surface area contributed by atoms with Crippen LogP contribution in [0, 0.1) is 0 Å². The highest BCUT2D eigenvalue weighted by Crippen LogP contribution is 2.24. The van der Waals surface area contributed by atoms with Gasteiger partial charge >= 0.3 is 0 Å². The molecular weight excluding hydrogens is 386 g/mol. The SMILES string of the molecule is CS(=O)(=O)c1ccccc1NC(=O)CSc1n[nH]c2nc3ccccc3n12. The average molecular weight is 401 g/mol. The lowest BCUT2D eigenvalue weighted by molar-refractivity contribution is -0.113. The second-order valence-electron chi connectivity index (χ2n) is 5.87. The first-order valence-electron chi connectivity index (χ1n) is 7.97. The van der Waals surface area contributed by atoms with E-state index >= 15 is 0 Å². The van der Waals surface area contributed by atoms with Crippen molar-refractivity contribution >= 4 is 50.0 Å². The van der Waals surface area contributed by atoms with Crippen LogP contribution in [0.4, 0.5) is 5.69 Å². The number of hydrogen-bond donors (Lipinski definition) is 2. The molecule has 0 fully saturated rings. The van der Waals surface area contributed by atoms with E-state index in [2.05, 4.69) is 20.5 Å². The van der Waals surface area contributed by atoms with Crippen LogP contribution < -0.4 is 5.32 Å². The van der Waals surface area contributed by atoms with Crippen LogP contribution in [0.25, 0.3) is 16.8 Å². The summed E-state index contributed by atoms with van der Waals surface area (Å²) in [4.78, 5) is 16.9. The molecule has 8 nitrogen and oxygen atoms in total. The number of aromatic nitrogens is 4. The van der Waals surface area contributed by atoms with Crippen molar-refractivity contribution in [3.8, 4) is 0 Å². The van der Waals surface area contributed by atoms with Crippen molar-refractivity contribution < 1.29 is 13.2 Å². The van der Waals surface area contributed by atoms with Crippen LogP contribution in [-0.4, -0.2) is 45.9 Å². The number of H-pyrrole nitrogens is 1. The number of nitrogens with one attached hydrogen (secondary N) is 2. The Morgan fingerprint density at radius 2 is 1.93 bits per heavy atom. The Hall–Kier alpha value is -2.85. The zero-order chi connectivity index (χ0) is 19.0. The lowest BCUT2D eigenvalue weighted by Gasteiger charge is -2.09. The van der Waals surface area contributed by atoms with E-state index in [1.165, 1.54) is 17.8 Å². The maximum absolute atomic E-state index is 12.3. The molecule has 10 heteroatoms. The Bertz CT molecular complexity index is 1260. The number of para-hydroxylation sites is 3. The molecule has 0 saturated carbocycles. The summed E-state index contributed by atoms with van der Waals surface area (Å²) in [6.45, 7) is 0. The molecule has 2 aromatic heterocycles. The molecule has 4 aromatic rings. The van der Waals surface area contributed by atoms with Crippen molar-refractivity contribution in [2.24, 2.45) is 0 Å². The van der Waals surface area contributed by atoms with Gasteiger partial charge in [-0.3, -0.25) is 9.20 Å². The van der Waals surface area contributed by atoms with E-state index in [0.29, 0.717) is 10.9 Å². The Kier molecular flexibility index (Phi) is 4.36. The molecule has 0 radical (unpaired) electrons. The maximum Gasteiger partial charge on any atom is 0.234 e. The standard InChI is InChI=1S/C17H15N5O3S2/c1-27(24,25)14-9-5-3-7-12(14)18-15(23)10-26-17-21-20-16-19-11-6-2-4-8-13(11)22(16)17/h2-9H,10H2,1H3,(H,18,23)(H,19,20). The van der Waals surface area contributed by atoms with Crippen molar-refractivity contribution in [3.05, 3.63) is 48.5 Å². The number of amides is 1. The number of nitrogens with zero attached hydrogens (tertiary/aromatic N) is 3. The van der Waals surface area contributed by atoms with Crippen molar-refractivity contribution in [3.63, 3.8) is 0 Å². The van der Waals surface area contributed by atoms with Crippen LogP contribution in [0.5, 0.6) is 0 Å². The number of benzene rings is 2. The molecule has 0 bridgehead atoms. The van der Waals surface area contributed by atoms with E-state index in [4.69, 9.17) is 0 Å². The van der Waals surface area contributed by atoms with Gasteiger partial charge in [0, 0.05) is 6.26 Å². The molecular formula is C17H15N5O3S2. The molecule has 0 spiro atoms. The molecule has 0 aliphatic rings. The fourth-order valence-corrected chi connectivity index (χ4v) is 4.35. The number of hydrogen-bond acceptors (Lipinski definition) is 6. The predicted molar refractivity (Wildman–Crippen MR) is 104 cm³/mol. The van der Waals surface area contributed by atoms with E-state index in [9.17, 15) is 13.2 Å². The minimum atomic E-state index is -3.43. The summed E-state index contributed by atoms with van der Waals surface area (Å²) in [5, 5.41) is 10.3. The monoisotopic (exact) mass is 401 g/mol. The van der Waals surface area contributed by atoms with Gasteiger partial charge in [0.15, 0.2) is 15.0 Å². The highest BCUT2D eigenvalue weighted by Gasteiger charge is 2.16. The van der Waals surface area contributed by atoms with Gasteiger partial charge in [-0.15, -0.1) is 5.10 Å². The number of fused-ring (bicyclic) bond motifs is 3. The molecule has 138 valence electrons. The van der Waals surface area contributed by atoms with Gasteiger partial charge in [-0.05, 0) is 24.3 Å². The Morgan fingerprint density at radius 3 is 2.74 bits per heavy atom. The summed E-state index contributed by atoms with van der Waals surface area (Å²) >= 11 is 1.24. The van der Waals surface area contributed by atoms with Crippen LogP contribution in [0.1, 0.15) is 0 Å². The summed E-state index contributed by atoms with van der Waals surface area (Å²) in [5.74, 6) is 0.350. The lowest BCUT2D eigenvalue weighted by Crippen LogP contribution is -2.16. The number of anilines is 1. The lowest BCUT2D eigenvalue weighted by atomic mass is 10.3. The van der Waals surface area contributed by atoms with Gasteiger partial charge in [-0.2, -0.15) is 0 Å². The maximum atomic E-state index is 12.3. The van der Waals surface area contributed by atoms with Crippen LogP contribution in [0.2, 0.25) is 0 Å². The summed E-state index contributed by atoms with van der Waals surface area (Å²) in [6, 6.07) is 14.0. The average Bonchev–Trinajstić information content (AvgIpc) is 3.18. The molecule has 2 N–H and O–H groups in total. The summed E-state index contributed by atoms with van der Waals surface area (Å²) in [5.41, 5.74) is 2.00. The number of thioether (sulfide) groups is 1. The van der Waals surface area contributed by atoms with Crippen LogP contribution in [-0.2, 0) is 14.6 Å². The molecule has 0 unspecified atom stereocenters. The largest absolute Gasteiger partial charge is 0.324 e. The van der Waals surface area contributed by atoms with E-state index < -0.39 is 9.84 Å². The molecule has 0 aliphatic heterocycles. The smallest absolute Gasteiger partial charge is 0.234 e. The van der Waals surface area contributed by atoms with Crippen molar-refractivity contribution in [1.82, 2.24) is 19.6 Å². The first-order valence-corrected chi connectivity index (χ1v) is 10.8. The quantitative estimate of drug-likeness (QED) is 0.497. The van der Waals surface area contributed by atoms with E-state index in [1.807, 2.05) is 28.7 Å². The molecule has 0 atom stereocenters. The fourth-order valence-electron chi connectivity index (χ4n) is 2.75. The van der Waals surface area contributed by atoms with Crippen LogP contribution >= 0.6 is 11.8 Å². The number of carbonyl (C=O) groups is 1. The molecule has 0 aliphatic carbocycles. The number of imidazole rings is 1. The molecule has 0 saturated heterocycles. The molecule has 2 aromatic carbocycles. The third-order valence-corrected chi connectivity index (χ3v) is 5.99. The molecule has 27 heavy (non-hydrogen) atoms. The summed E-state index contributed by atoms with van der Waals surface area (Å²) in [7, 11) is -3.43. The molecule has 1 amide bonds. The molecule has 4 rings (SSSR count). The van der Waals surface area contributed by atoms with Gasteiger partial charge in [0.05, 0.1) is 27.4 Å².